The Bertz CT molecular complexity index is 463. The van der Waals surface area contributed by atoms with Gasteiger partial charge >= 0.3 is 0 Å². The number of anilines is 1. The molecular weight excluding hydrogens is 222 g/mol. The lowest BCUT2D eigenvalue weighted by molar-refractivity contribution is 0.402. The van der Waals surface area contributed by atoms with Crippen LogP contribution in [0.2, 0.25) is 0 Å². The summed E-state index contributed by atoms with van der Waals surface area (Å²) in [7, 11) is 4.15. The number of hydrogen-bond donors (Lipinski definition) is 1. The summed E-state index contributed by atoms with van der Waals surface area (Å²) in [5.74, 6) is 0. The Hall–Kier alpha value is -1.87. The van der Waals surface area contributed by atoms with Gasteiger partial charge in [-0.05, 0) is 43.9 Å². The van der Waals surface area contributed by atoms with Crippen LogP contribution in [0.4, 0.5) is 5.69 Å². The van der Waals surface area contributed by atoms with Crippen molar-refractivity contribution in [2.45, 2.75) is 13.1 Å². The maximum atomic E-state index is 4.28. The van der Waals surface area contributed by atoms with Crippen LogP contribution in [0.3, 0.4) is 0 Å². The number of hydrogen-bond acceptors (Lipinski definition) is 3. The lowest BCUT2D eigenvalue weighted by Crippen LogP contribution is -2.10. The van der Waals surface area contributed by atoms with E-state index >= 15 is 0 Å². The molecule has 1 N–H and O–H groups in total. The number of benzene rings is 1. The van der Waals surface area contributed by atoms with Crippen LogP contribution >= 0.6 is 0 Å². The molecule has 0 amide bonds. The topological polar surface area (TPSA) is 28.2 Å². The average Bonchev–Trinajstić information content (AvgIpc) is 2.38. The summed E-state index contributed by atoms with van der Waals surface area (Å²) in [5.41, 5.74) is 3.50. The molecule has 1 aromatic carbocycles. The molecule has 3 nitrogen and oxygen atoms in total. The van der Waals surface area contributed by atoms with Gasteiger partial charge in [0.15, 0.2) is 0 Å². The van der Waals surface area contributed by atoms with Crippen LogP contribution in [0.25, 0.3) is 0 Å². The van der Waals surface area contributed by atoms with E-state index in [9.17, 15) is 0 Å². The molecule has 0 spiro atoms. The van der Waals surface area contributed by atoms with Gasteiger partial charge in [-0.1, -0.05) is 18.2 Å². The van der Waals surface area contributed by atoms with Gasteiger partial charge < -0.3 is 10.2 Å². The van der Waals surface area contributed by atoms with Crippen LogP contribution in [0.1, 0.15) is 11.3 Å². The summed E-state index contributed by atoms with van der Waals surface area (Å²) < 4.78 is 0. The number of nitrogens with zero attached hydrogens (tertiary/aromatic N) is 2. The fourth-order valence-corrected chi connectivity index (χ4v) is 1.79. The van der Waals surface area contributed by atoms with Crippen LogP contribution < -0.4 is 5.32 Å². The minimum Gasteiger partial charge on any atom is -0.379 e. The van der Waals surface area contributed by atoms with Gasteiger partial charge in [0, 0.05) is 18.4 Å². The van der Waals surface area contributed by atoms with E-state index in [1.807, 2.05) is 24.4 Å². The van der Waals surface area contributed by atoms with Gasteiger partial charge in [0.25, 0.3) is 0 Å². The van der Waals surface area contributed by atoms with Crippen molar-refractivity contribution in [3.8, 4) is 0 Å². The maximum absolute atomic E-state index is 4.28. The second-order valence-corrected chi connectivity index (χ2v) is 4.61. The smallest absolute Gasteiger partial charge is 0.0594 e. The van der Waals surface area contributed by atoms with E-state index in [-0.39, 0.29) is 0 Å². The first-order valence-electron chi connectivity index (χ1n) is 6.11. The lowest BCUT2D eigenvalue weighted by atomic mass is 10.2. The monoisotopic (exact) mass is 241 g/mol. The van der Waals surface area contributed by atoms with Gasteiger partial charge in [-0.25, -0.2) is 0 Å². The van der Waals surface area contributed by atoms with E-state index in [4.69, 9.17) is 0 Å². The Morgan fingerprint density at radius 1 is 1.06 bits per heavy atom. The predicted molar refractivity (Wildman–Crippen MR) is 75.4 cm³/mol. The maximum Gasteiger partial charge on any atom is 0.0594 e. The third-order valence-electron chi connectivity index (χ3n) is 2.65. The molecule has 0 aliphatic carbocycles. The average molecular weight is 241 g/mol. The zero-order valence-corrected chi connectivity index (χ0v) is 10.9. The number of pyridine rings is 1. The predicted octanol–water partition coefficient (Wildman–Crippen LogP) is 2.76. The third-order valence-corrected chi connectivity index (χ3v) is 2.65. The number of aromatic nitrogens is 1. The summed E-state index contributed by atoms with van der Waals surface area (Å²) in [6.45, 7) is 1.73. The van der Waals surface area contributed by atoms with Crippen molar-refractivity contribution in [2.24, 2.45) is 0 Å². The van der Waals surface area contributed by atoms with Crippen LogP contribution in [-0.2, 0) is 13.1 Å². The molecule has 0 radical (unpaired) electrons. The molecule has 94 valence electrons. The second kappa shape index (κ2) is 6.17. The molecule has 0 aliphatic heterocycles. The zero-order chi connectivity index (χ0) is 12.8. The molecule has 3 heteroatoms. The van der Waals surface area contributed by atoms with Gasteiger partial charge in [0.05, 0.1) is 12.2 Å². The molecule has 0 saturated carbocycles. The SMILES string of the molecule is CN(C)Cc1ccc(NCc2ccccn2)cc1. The summed E-state index contributed by atoms with van der Waals surface area (Å²) in [5, 5.41) is 3.37. The van der Waals surface area contributed by atoms with Crippen molar-refractivity contribution >= 4 is 5.69 Å². The largest absolute Gasteiger partial charge is 0.379 e. The molecule has 2 rings (SSSR count). The molecule has 2 aromatic rings. The van der Waals surface area contributed by atoms with E-state index in [1.165, 1.54) is 5.56 Å². The van der Waals surface area contributed by atoms with E-state index in [1.54, 1.807) is 0 Å². The van der Waals surface area contributed by atoms with Crippen molar-refractivity contribution < 1.29 is 0 Å². The highest BCUT2D eigenvalue weighted by Crippen LogP contribution is 2.11. The van der Waals surface area contributed by atoms with Gasteiger partial charge in [0.2, 0.25) is 0 Å². The van der Waals surface area contributed by atoms with Crippen molar-refractivity contribution in [1.29, 1.82) is 0 Å². The van der Waals surface area contributed by atoms with Crippen molar-refractivity contribution in [3.63, 3.8) is 0 Å². The molecule has 0 aliphatic rings. The van der Waals surface area contributed by atoms with E-state index < -0.39 is 0 Å². The number of nitrogens with one attached hydrogen (secondary N) is 1. The Kier molecular flexibility index (Phi) is 4.31. The van der Waals surface area contributed by atoms with Crippen LogP contribution in [0.15, 0.2) is 48.7 Å². The summed E-state index contributed by atoms with van der Waals surface area (Å²) in [4.78, 5) is 6.44. The first-order valence-corrected chi connectivity index (χ1v) is 6.11. The van der Waals surface area contributed by atoms with Crippen molar-refractivity contribution in [1.82, 2.24) is 9.88 Å². The van der Waals surface area contributed by atoms with Gasteiger partial charge in [-0.15, -0.1) is 0 Å². The molecule has 1 aromatic heterocycles. The Morgan fingerprint density at radius 2 is 1.83 bits per heavy atom. The molecule has 0 saturated heterocycles. The zero-order valence-electron chi connectivity index (χ0n) is 10.9. The van der Waals surface area contributed by atoms with Crippen molar-refractivity contribution in [2.75, 3.05) is 19.4 Å². The second-order valence-electron chi connectivity index (χ2n) is 4.61. The molecule has 0 atom stereocenters. The Balaban J connectivity index is 1.90. The standard InChI is InChI=1S/C15H19N3/c1-18(2)12-13-6-8-14(9-7-13)17-11-15-5-3-4-10-16-15/h3-10,17H,11-12H2,1-2H3. The quantitative estimate of drug-likeness (QED) is 0.872. The molecule has 1 heterocycles. The molecule has 0 bridgehead atoms. The van der Waals surface area contributed by atoms with E-state index in [0.29, 0.717) is 0 Å². The third kappa shape index (κ3) is 3.86. The van der Waals surface area contributed by atoms with Crippen LogP contribution in [0, 0.1) is 0 Å². The van der Waals surface area contributed by atoms with Crippen molar-refractivity contribution in [3.05, 3.63) is 59.9 Å². The summed E-state index contributed by atoms with van der Waals surface area (Å²) in [6.07, 6.45) is 1.82. The molecular formula is C15H19N3. The fourth-order valence-electron chi connectivity index (χ4n) is 1.79. The first-order chi connectivity index (χ1) is 8.74. The minimum absolute atomic E-state index is 0.758. The highest BCUT2D eigenvalue weighted by Gasteiger charge is 1.97. The molecule has 0 unspecified atom stereocenters. The minimum atomic E-state index is 0.758. The fraction of sp³-hybridized carbons (Fsp3) is 0.267. The molecule has 18 heavy (non-hydrogen) atoms. The van der Waals surface area contributed by atoms with E-state index in [2.05, 4.69) is 53.6 Å². The number of rotatable bonds is 5. The highest BCUT2D eigenvalue weighted by atomic mass is 15.0. The van der Waals surface area contributed by atoms with E-state index in [0.717, 1.165) is 24.5 Å². The van der Waals surface area contributed by atoms with Gasteiger partial charge in [-0.2, -0.15) is 0 Å². The summed E-state index contributed by atoms with van der Waals surface area (Å²) >= 11 is 0. The summed E-state index contributed by atoms with van der Waals surface area (Å²) in [6, 6.07) is 14.5. The Morgan fingerprint density at radius 3 is 2.44 bits per heavy atom. The molecule has 0 fully saturated rings. The lowest BCUT2D eigenvalue weighted by Gasteiger charge is -2.11. The van der Waals surface area contributed by atoms with Crippen LogP contribution in [-0.4, -0.2) is 24.0 Å². The normalized spacial score (nSPS) is 10.6. The first kappa shape index (κ1) is 12.6. The van der Waals surface area contributed by atoms with Gasteiger partial charge in [0.1, 0.15) is 0 Å². The Labute approximate surface area is 108 Å². The van der Waals surface area contributed by atoms with Crippen LogP contribution in [0.5, 0.6) is 0 Å². The van der Waals surface area contributed by atoms with Gasteiger partial charge in [-0.3, -0.25) is 4.98 Å². The highest BCUT2D eigenvalue weighted by molar-refractivity contribution is 5.44.